The number of imidazole rings is 1. The van der Waals surface area contributed by atoms with Gasteiger partial charge in [-0.3, -0.25) is 4.90 Å². The smallest absolute Gasteiger partial charge is 0.324 e. The molecule has 1 aromatic heterocycles. The highest BCUT2D eigenvalue weighted by Gasteiger charge is 2.22. The molecule has 6 nitrogen and oxygen atoms in total. The molecule has 4 aromatic rings. The molecule has 0 atom stereocenters. The Labute approximate surface area is 206 Å². The number of nitrogens with zero attached hydrogens (tertiary/aromatic N) is 5. The number of benzene rings is 3. The van der Waals surface area contributed by atoms with Crippen molar-refractivity contribution < 1.29 is 4.79 Å². The summed E-state index contributed by atoms with van der Waals surface area (Å²) in [7, 11) is 1.84. The molecule has 2 heterocycles. The van der Waals surface area contributed by atoms with Gasteiger partial charge >= 0.3 is 6.03 Å². The van der Waals surface area contributed by atoms with Crippen molar-refractivity contribution in [2.45, 2.75) is 32.2 Å². The summed E-state index contributed by atoms with van der Waals surface area (Å²) in [5.74, 6) is 0.954. The Morgan fingerprint density at radius 3 is 2.43 bits per heavy atom. The average molecular weight is 464 g/mol. The number of carbonyl (C=O) groups is 1. The number of nitriles is 1. The van der Waals surface area contributed by atoms with Crippen molar-refractivity contribution in [1.82, 2.24) is 14.5 Å². The lowest BCUT2D eigenvalue weighted by atomic mass is 10.1. The predicted octanol–water partition coefficient (Wildman–Crippen LogP) is 5.59. The maximum Gasteiger partial charge on any atom is 0.324 e. The standard InChI is InChI=1S/C29H29N5O/c1-32(29(35)33-16-6-3-7-17-33)25-14-15-27-26(19-25)31-28(18-22-10-12-23(20-30)13-11-22)34(27)21-24-8-4-2-5-9-24/h2,4-5,8-15,19H,3,6-7,16-18,21H2,1H3. The van der Waals surface area contributed by atoms with E-state index in [-0.39, 0.29) is 6.03 Å². The van der Waals surface area contributed by atoms with Gasteiger partial charge < -0.3 is 9.47 Å². The first-order chi connectivity index (χ1) is 17.1. The second-order valence-corrected chi connectivity index (χ2v) is 9.15. The minimum atomic E-state index is 0.0468. The van der Waals surface area contributed by atoms with Gasteiger partial charge in [-0.1, -0.05) is 42.5 Å². The molecule has 0 saturated carbocycles. The number of hydrogen-bond donors (Lipinski definition) is 0. The van der Waals surface area contributed by atoms with Gasteiger partial charge in [0.1, 0.15) is 5.82 Å². The molecule has 3 aromatic carbocycles. The lowest BCUT2D eigenvalue weighted by Crippen LogP contribution is -2.43. The Morgan fingerprint density at radius 1 is 0.971 bits per heavy atom. The van der Waals surface area contributed by atoms with Gasteiger partial charge in [0.15, 0.2) is 0 Å². The lowest BCUT2D eigenvalue weighted by Gasteiger charge is -2.31. The van der Waals surface area contributed by atoms with Crippen LogP contribution in [-0.2, 0) is 13.0 Å². The third-order valence-electron chi connectivity index (χ3n) is 6.74. The molecule has 0 bridgehead atoms. The van der Waals surface area contributed by atoms with E-state index < -0.39 is 0 Å². The van der Waals surface area contributed by atoms with E-state index in [4.69, 9.17) is 10.2 Å². The second-order valence-electron chi connectivity index (χ2n) is 9.15. The fourth-order valence-corrected chi connectivity index (χ4v) is 4.74. The van der Waals surface area contributed by atoms with Crippen LogP contribution in [0.1, 0.15) is 41.8 Å². The van der Waals surface area contributed by atoms with Crippen LogP contribution in [-0.4, -0.2) is 40.6 Å². The van der Waals surface area contributed by atoms with E-state index in [0.717, 1.165) is 54.0 Å². The molecule has 1 aliphatic heterocycles. The van der Waals surface area contributed by atoms with Gasteiger partial charge in [-0.15, -0.1) is 0 Å². The first-order valence-corrected chi connectivity index (χ1v) is 12.2. The molecule has 35 heavy (non-hydrogen) atoms. The summed E-state index contributed by atoms with van der Waals surface area (Å²) in [5.41, 5.74) is 5.72. The third kappa shape index (κ3) is 4.90. The topological polar surface area (TPSA) is 65.2 Å². The summed E-state index contributed by atoms with van der Waals surface area (Å²) >= 11 is 0. The summed E-state index contributed by atoms with van der Waals surface area (Å²) in [6.07, 6.45) is 3.99. The van der Waals surface area contributed by atoms with Crippen LogP contribution in [0.4, 0.5) is 10.5 Å². The number of anilines is 1. The van der Waals surface area contributed by atoms with E-state index in [1.165, 1.54) is 12.0 Å². The zero-order chi connectivity index (χ0) is 24.2. The molecule has 0 aliphatic carbocycles. The maximum atomic E-state index is 13.0. The van der Waals surface area contributed by atoms with E-state index in [1.807, 2.05) is 66.5 Å². The van der Waals surface area contributed by atoms with Crippen molar-refractivity contribution >= 4 is 22.8 Å². The SMILES string of the molecule is CN(C(=O)N1CCCCC1)c1ccc2c(c1)nc(Cc1ccc(C#N)cc1)n2Cc1ccccc1. The van der Waals surface area contributed by atoms with Crippen molar-refractivity contribution in [2.75, 3.05) is 25.0 Å². The Morgan fingerprint density at radius 2 is 1.71 bits per heavy atom. The molecule has 6 heteroatoms. The average Bonchev–Trinajstić information content (AvgIpc) is 3.25. The highest BCUT2D eigenvalue weighted by atomic mass is 16.2. The van der Waals surface area contributed by atoms with Crippen LogP contribution in [0.2, 0.25) is 0 Å². The molecule has 2 amide bonds. The van der Waals surface area contributed by atoms with Crippen molar-refractivity contribution in [3.05, 3.63) is 95.3 Å². The van der Waals surface area contributed by atoms with E-state index in [9.17, 15) is 4.79 Å². The molecule has 176 valence electrons. The predicted molar refractivity (Wildman–Crippen MR) is 138 cm³/mol. The third-order valence-corrected chi connectivity index (χ3v) is 6.74. The summed E-state index contributed by atoms with van der Waals surface area (Å²) in [6.45, 7) is 2.36. The lowest BCUT2D eigenvalue weighted by molar-refractivity contribution is 0.194. The van der Waals surface area contributed by atoms with Crippen LogP contribution in [0.3, 0.4) is 0 Å². The fourth-order valence-electron chi connectivity index (χ4n) is 4.74. The van der Waals surface area contributed by atoms with E-state index >= 15 is 0 Å². The van der Waals surface area contributed by atoms with Crippen molar-refractivity contribution in [3.8, 4) is 6.07 Å². The van der Waals surface area contributed by atoms with Crippen LogP contribution in [0.5, 0.6) is 0 Å². The van der Waals surface area contributed by atoms with Crippen LogP contribution in [0, 0.1) is 11.3 Å². The molecular formula is C29H29N5O. The molecule has 1 saturated heterocycles. The quantitative estimate of drug-likeness (QED) is 0.388. The molecule has 0 N–H and O–H groups in total. The number of piperidine rings is 1. The number of amides is 2. The molecule has 1 fully saturated rings. The van der Waals surface area contributed by atoms with E-state index in [0.29, 0.717) is 18.5 Å². The van der Waals surface area contributed by atoms with Crippen LogP contribution < -0.4 is 4.90 Å². The minimum Gasteiger partial charge on any atom is -0.324 e. The first kappa shape index (κ1) is 22.7. The zero-order valence-corrected chi connectivity index (χ0v) is 20.0. The second kappa shape index (κ2) is 10.0. The van der Waals surface area contributed by atoms with Crippen molar-refractivity contribution in [1.29, 1.82) is 5.26 Å². The number of urea groups is 1. The molecule has 0 spiro atoms. The van der Waals surface area contributed by atoms with Gasteiger partial charge in [0.05, 0.1) is 22.7 Å². The van der Waals surface area contributed by atoms with Crippen molar-refractivity contribution in [2.24, 2.45) is 0 Å². The maximum absolute atomic E-state index is 13.0. The van der Waals surface area contributed by atoms with Gasteiger partial charge in [-0.25, -0.2) is 9.78 Å². The number of likely N-dealkylation sites (tertiary alicyclic amines) is 1. The molecule has 5 rings (SSSR count). The van der Waals surface area contributed by atoms with E-state index in [2.05, 4.69) is 28.8 Å². The summed E-state index contributed by atoms with van der Waals surface area (Å²) in [6, 6.07) is 26.4. The highest BCUT2D eigenvalue weighted by Crippen LogP contribution is 2.26. The summed E-state index contributed by atoms with van der Waals surface area (Å²) in [5, 5.41) is 9.12. The Kier molecular flexibility index (Phi) is 6.49. The van der Waals surface area contributed by atoms with Crippen molar-refractivity contribution in [3.63, 3.8) is 0 Å². The Bertz CT molecular complexity index is 1360. The highest BCUT2D eigenvalue weighted by molar-refractivity contribution is 5.94. The Balaban J connectivity index is 1.49. The number of rotatable bonds is 5. The molecule has 0 unspecified atom stereocenters. The number of fused-ring (bicyclic) bond motifs is 1. The van der Waals surface area contributed by atoms with Gasteiger partial charge in [0.2, 0.25) is 0 Å². The normalized spacial score (nSPS) is 13.5. The van der Waals surface area contributed by atoms with Crippen LogP contribution in [0.15, 0.2) is 72.8 Å². The van der Waals surface area contributed by atoms with Gasteiger partial charge in [-0.05, 0) is 60.7 Å². The monoisotopic (exact) mass is 463 g/mol. The molecule has 0 radical (unpaired) electrons. The summed E-state index contributed by atoms with van der Waals surface area (Å²) in [4.78, 5) is 21.7. The molecule has 1 aliphatic rings. The number of carbonyl (C=O) groups excluding carboxylic acids is 1. The number of aromatic nitrogens is 2. The van der Waals surface area contributed by atoms with Crippen LogP contribution >= 0.6 is 0 Å². The fraction of sp³-hybridized carbons (Fsp3) is 0.276. The van der Waals surface area contributed by atoms with Gasteiger partial charge in [-0.2, -0.15) is 5.26 Å². The van der Waals surface area contributed by atoms with Crippen LogP contribution in [0.25, 0.3) is 11.0 Å². The zero-order valence-electron chi connectivity index (χ0n) is 20.0. The number of hydrogen-bond acceptors (Lipinski definition) is 3. The minimum absolute atomic E-state index is 0.0468. The summed E-state index contributed by atoms with van der Waals surface area (Å²) < 4.78 is 2.25. The molecular weight excluding hydrogens is 434 g/mol. The first-order valence-electron chi connectivity index (χ1n) is 12.2. The van der Waals surface area contributed by atoms with Gasteiger partial charge in [0.25, 0.3) is 0 Å². The van der Waals surface area contributed by atoms with Gasteiger partial charge in [0, 0.05) is 38.8 Å². The van der Waals surface area contributed by atoms with E-state index in [1.54, 1.807) is 4.90 Å². The Hall–Kier alpha value is -4.11. The largest absolute Gasteiger partial charge is 0.324 e.